The van der Waals surface area contributed by atoms with E-state index in [2.05, 4.69) is 5.32 Å². The number of rotatable bonds is 9. The Bertz CT molecular complexity index is 1730. The lowest BCUT2D eigenvalue weighted by Gasteiger charge is -2.26. The number of nitrogens with zero attached hydrogens (tertiary/aromatic N) is 2. The summed E-state index contributed by atoms with van der Waals surface area (Å²) in [6.45, 7) is 2.90. The van der Waals surface area contributed by atoms with Crippen molar-refractivity contribution in [3.63, 3.8) is 0 Å². The van der Waals surface area contributed by atoms with Gasteiger partial charge in [-0.05, 0) is 73.9 Å². The molecule has 10 heteroatoms. The average molecular weight is 590 g/mol. The molecule has 212 valence electrons. The molecule has 1 aliphatic heterocycles. The molecule has 1 N–H and O–H groups in total. The Kier molecular flexibility index (Phi) is 8.25. The smallest absolute Gasteiger partial charge is 0.264 e. The van der Waals surface area contributed by atoms with Gasteiger partial charge in [-0.25, -0.2) is 16.8 Å². The number of nitrogens with one attached hydrogen (secondary N) is 1. The van der Waals surface area contributed by atoms with E-state index in [1.54, 1.807) is 48.5 Å². The van der Waals surface area contributed by atoms with Gasteiger partial charge in [0.05, 0.1) is 27.6 Å². The Morgan fingerprint density at radius 1 is 0.756 bits per heavy atom. The van der Waals surface area contributed by atoms with E-state index in [1.165, 1.54) is 32.9 Å². The van der Waals surface area contributed by atoms with E-state index >= 15 is 0 Å². The van der Waals surface area contributed by atoms with E-state index in [9.17, 15) is 21.6 Å². The highest BCUT2D eigenvalue weighted by Gasteiger charge is 2.29. The molecule has 4 aromatic rings. The zero-order valence-electron chi connectivity index (χ0n) is 22.6. The Hall–Kier alpha value is -3.99. The van der Waals surface area contributed by atoms with Crippen LogP contribution in [0.2, 0.25) is 0 Å². The van der Waals surface area contributed by atoms with E-state index in [4.69, 9.17) is 0 Å². The number of aryl methyl sites for hydroxylation is 1. The molecule has 0 unspecified atom stereocenters. The normalized spacial score (nSPS) is 14.1. The van der Waals surface area contributed by atoms with Crippen LogP contribution in [0.1, 0.15) is 34.3 Å². The zero-order valence-corrected chi connectivity index (χ0v) is 24.2. The highest BCUT2D eigenvalue weighted by Crippen LogP contribution is 2.30. The lowest BCUT2D eigenvalue weighted by molar-refractivity contribution is 0.102. The van der Waals surface area contributed by atoms with Gasteiger partial charge in [-0.15, -0.1) is 0 Å². The summed E-state index contributed by atoms with van der Waals surface area (Å²) in [5, 5.41) is 2.80. The predicted molar refractivity (Wildman–Crippen MR) is 160 cm³/mol. The highest BCUT2D eigenvalue weighted by molar-refractivity contribution is 7.92. The van der Waals surface area contributed by atoms with Crippen LogP contribution in [0.15, 0.2) is 113 Å². The number of hydrogen-bond acceptors (Lipinski definition) is 5. The van der Waals surface area contributed by atoms with Crippen molar-refractivity contribution in [3.05, 3.63) is 120 Å². The van der Waals surface area contributed by atoms with Crippen molar-refractivity contribution in [2.24, 2.45) is 0 Å². The van der Waals surface area contributed by atoms with Crippen molar-refractivity contribution in [1.29, 1.82) is 0 Å². The fraction of sp³-hybridized carbons (Fsp3) is 0.194. The molecule has 0 aromatic heterocycles. The summed E-state index contributed by atoms with van der Waals surface area (Å²) in [6, 6.07) is 28.3. The fourth-order valence-electron chi connectivity index (χ4n) is 4.76. The molecule has 0 bridgehead atoms. The highest BCUT2D eigenvalue weighted by atomic mass is 32.2. The van der Waals surface area contributed by atoms with Crippen molar-refractivity contribution >= 4 is 37.3 Å². The number of hydrogen-bond donors (Lipinski definition) is 1. The molecule has 8 nitrogen and oxygen atoms in total. The zero-order chi connectivity index (χ0) is 29.0. The Morgan fingerprint density at radius 2 is 1.34 bits per heavy atom. The summed E-state index contributed by atoms with van der Waals surface area (Å²) in [7, 11) is -7.63. The molecular formula is C31H31N3O5S2. The summed E-state index contributed by atoms with van der Waals surface area (Å²) < 4.78 is 56.3. The summed E-state index contributed by atoms with van der Waals surface area (Å²) in [5.41, 5.74) is 2.46. The summed E-state index contributed by atoms with van der Waals surface area (Å²) in [4.78, 5) is 13.8. The second-order valence-electron chi connectivity index (χ2n) is 9.92. The summed E-state index contributed by atoms with van der Waals surface area (Å²) in [6.07, 6.45) is 1.68. The first-order chi connectivity index (χ1) is 19.7. The monoisotopic (exact) mass is 589 g/mol. The number of amides is 1. The van der Waals surface area contributed by atoms with Gasteiger partial charge in [0.15, 0.2) is 0 Å². The molecule has 0 atom stereocenters. The summed E-state index contributed by atoms with van der Waals surface area (Å²) in [5.74, 6) is -0.520. The van der Waals surface area contributed by atoms with Crippen molar-refractivity contribution in [2.45, 2.75) is 36.1 Å². The molecule has 0 radical (unpaired) electrons. The minimum Gasteiger partial charge on any atom is -0.322 e. The molecular weight excluding hydrogens is 558 g/mol. The Labute approximate surface area is 241 Å². The largest absolute Gasteiger partial charge is 0.322 e. The van der Waals surface area contributed by atoms with Crippen LogP contribution in [0.3, 0.4) is 0 Å². The number of sulfonamides is 2. The summed E-state index contributed by atoms with van der Waals surface area (Å²) >= 11 is 0. The van der Waals surface area contributed by atoms with Crippen LogP contribution < -0.4 is 9.62 Å². The Balaban J connectivity index is 1.46. The van der Waals surface area contributed by atoms with Crippen LogP contribution in [0.4, 0.5) is 11.4 Å². The first kappa shape index (κ1) is 28.5. The molecule has 4 aromatic carbocycles. The SMILES string of the molecule is Cc1ccc(S(=O)(=O)N(Cc2ccccc2)c2ccccc2C(=O)Nc2ccc(S(=O)(=O)N3CCCC3)cc2)cc1. The average Bonchev–Trinajstić information content (AvgIpc) is 3.53. The maximum Gasteiger partial charge on any atom is 0.264 e. The minimum absolute atomic E-state index is 0.0183. The van der Waals surface area contributed by atoms with Gasteiger partial charge in [-0.3, -0.25) is 9.10 Å². The van der Waals surface area contributed by atoms with Crippen molar-refractivity contribution in [3.8, 4) is 0 Å². The van der Waals surface area contributed by atoms with E-state index < -0.39 is 26.0 Å². The molecule has 1 fully saturated rings. The predicted octanol–water partition coefficient (Wildman–Crippen LogP) is 5.43. The Morgan fingerprint density at radius 3 is 2.00 bits per heavy atom. The van der Waals surface area contributed by atoms with E-state index in [0.29, 0.717) is 18.8 Å². The number of carbonyl (C=O) groups excluding carboxylic acids is 1. The van der Waals surface area contributed by atoms with Crippen LogP contribution in [0.25, 0.3) is 0 Å². The van der Waals surface area contributed by atoms with Gasteiger partial charge in [0, 0.05) is 18.8 Å². The van der Waals surface area contributed by atoms with Crippen molar-refractivity contribution in [2.75, 3.05) is 22.7 Å². The van der Waals surface area contributed by atoms with Gasteiger partial charge in [-0.1, -0.05) is 60.2 Å². The topological polar surface area (TPSA) is 104 Å². The first-order valence-electron chi connectivity index (χ1n) is 13.3. The maximum atomic E-state index is 14.0. The molecule has 0 spiro atoms. The number of para-hydroxylation sites is 1. The fourth-order valence-corrected chi connectivity index (χ4v) is 7.74. The van der Waals surface area contributed by atoms with E-state index in [-0.39, 0.29) is 27.6 Å². The van der Waals surface area contributed by atoms with E-state index in [1.807, 2.05) is 37.3 Å². The van der Waals surface area contributed by atoms with Crippen molar-refractivity contribution in [1.82, 2.24) is 4.31 Å². The first-order valence-corrected chi connectivity index (χ1v) is 16.2. The van der Waals surface area contributed by atoms with Crippen LogP contribution in [0, 0.1) is 6.92 Å². The van der Waals surface area contributed by atoms with Gasteiger partial charge in [-0.2, -0.15) is 4.31 Å². The molecule has 1 saturated heterocycles. The molecule has 0 aliphatic carbocycles. The molecule has 1 amide bonds. The third-order valence-electron chi connectivity index (χ3n) is 7.01. The second-order valence-corrected chi connectivity index (χ2v) is 13.7. The quantitative estimate of drug-likeness (QED) is 0.281. The van der Waals surface area contributed by atoms with E-state index in [0.717, 1.165) is 24.0 Å². The van der Waals surface area contributed by atoms with Gasteiger partial charge >= 0.3 is 0 Å². The molecule has 0 saturated carbocycles. The number of benzene rings is 4. The molecule has 1 aliphatic rings. The lowest BCUT2D eigenvalue weighted by Crippen LogP contribution is -2.32. The van der Waals surface area contributed by atoms with Crippen molar-refractivity contribution < 1.29 is 21.6 Å². The van der Waals surface area contributed by atoms with Crippen LogP contribution in [-0.4, -0.2) is 40.1 Å². The van der Waals surface area contributed by atoms with Gasteiger partial charge in [0.25, 0.3) is 15.9 Å². The van der Waals surface area contributed by atoms with Crippen LogP contribution >= 0.6 is 0 Å². The lowest BCUT2D eigenvalue weighted by atomic mass is 10.1. The molecule has 1 heterocycles. The molecule has 41 heavy (non-hydrogen) atoms. The van der Waals surface area contributed by atoms with Crippen LogP contribution in [-0.2, 0) is 26.6 Å². The third kappa shape index (κ3) is 6.19. The standard InChI is InChI=1S/C31H31N3O5S2/c1-24-13-17-28(18-14-24)41(38,39)34(23-25-9-3-2-4-10-25)30-12-6-5-11-29(30)31(35)32-26-15-19-27(20-16-26)40(36,37)33-21-7-8-22-33/h2-6,9-20H,7-8,21-23H2,1H3,(H,32,35). The minimum atomic E-state index is -4.05. The van der Waals surface area contributed by atoms with Gasteiger partial charge in [0.1, 0.15) is 0 Å². The van der Waals surface area contributed by atoms with Crippen LogP contribution in [0.5, 0.6) is 0 Å². The van der Waals surface area contributed by atoms with Gasteiger partial charge < -0.3 is 5.32 Å². The second kappa shape index (κ2) is 11.9. The third-order valence-corrected chi connectivity index (χ3v) is 10.7. The maximum absolute atomic E-state index is 14.0. The number of carbonyl (C=O) groups is 1. The van der Waals surface area contributed by atoms with Gasteiger partial charge in [0.2, 0.25) is 10.0 Å². The number of anilines is 2. The molecule has 5 rings (SSSR count).